The standard InChI is InChI=1S/C19H21BrN2O5/c1-13(2)27-18(23)19(22(24)25,14-5-4-6-15(20)11-14)12-21-16-7-9-17(26-3)10-8-16/h4-11,13,21H,12H2,1-3H3. The number of hydrogen-bond acceptors (Lipinski definition) is 6. The number of benzene rings is 2. The zero-order valence-corrected chi connectivity index (χ0v) is 16.9. The number of carbonyl (C=O) groups is 1. The molecule has 8 heteroatoms. The van der Waals surface area contributed by atoms with Crippen LogP contribution in [0, 0.1) is 10.1 Å². The number of nitro groups is 1. The van der Waals surface area contributed by atoms with Crippen molar-refractivity contribution < 1.29 is 19.2 Å². The Morgan fingerprint density at radius 2 is 1.93 bits per heavy atom. The summed E-state index contributed by atoms with van der Waals surface area (Å²) in [6.45, 7) is 3.04. The molecule has 0 heterocycles. The van der Waals surface area contributed by atoms with E-state index in [1.165, 1.54) is 0 Å². The molecule has 0 saturated heterocycles. The molecule has 1 N–H and O–H groups in total. The zero-order chi connectivity index (χ0) is 20.0. The van der Waals surface area contributed by atoms with Gasteiger partial charge in [-0.05, 0) is 50.2 Å². The summed E-state index contributed by atoms with van der Waals surface area (Å²) in [6, 6.07) is 13.4. The van der Waals surface area contributed by atoms with Crippen LogP contribution in [0.25, 0.3) is 0 Å². The summed E-state index contributed by atoms with van der Waals surface area (Å²) < 4.78 is 11.0. The molecule has 2 aromatic rings. The minimum Gasteiger partial charge on any atom is -0.497 e. The smallest absolute Gasteiger partial charge is 0.392 e. The lowest BCUT2D eigenvalue weighted by Gasteiger charge is -2.25. The van der Waals surface area contributed by atoms with E-state index >= 15 is 0 Å². The third-order valence-electron chi connectivity index (χ3n) is 3.93. The number of ether oxygens (including phenoxy) is 2. The fourth-order valence-electron chi connectivity index (χ4n) is 2.53. The van der Waals surface area contributed by atoms with E-state index in [0.29, 0.717) is 15.9 Å². The fourth-order valence-corrected chi connectivity index (χ4v) is 2.93. The van der Waals surface area contributed by atoms with E-state index in [-0.39, 0.29) is 12.1 Å². The molecule has 0 spiro atoms. The van der Waals surface area contributed by atoms with E-state index in [4.69, 9.17) is 9.47 Å². The van der Waals surface area contributed by atoms with Crippen molar-refractivity contribution in [2.75, 3.05) is 19.0 Å². The maximum Gasteiger partial charge on any atom is 0.392 e. The molecule has 0 aliphatic rings. The summed E-state index contributed by atoms with van der Waals surface area (Å²) >= 11 is 3.31. The predicted octanol–water partition coefficient (Wildman–Crippen LogP) is 3.99. The lowest BCUT2D eigenvalue weighted by atomic mass is 9.90. The van der Waals surface area contributed by atoms with Crippen LogP contribution in [-0.4, -0.2) is 30.7 Å². The van der Waals surface area contributed by atoms with E-state index in [2.05, 4.69) is 21.2 Å². The molecule has 0 aliphatic carbocycles. The molecule has 0 amide bonds. The number of esters is 1. The van der Waals surface area contributed by atoms with Gasteiger partial charge in [0.2, 0.25) is 0 Å². The minimum absolute atomic E-state index is 0.230. The average molecular weight is 437 g/mol. The maximum atomic E-state index is 12.8. The summed E-state index contributed by atoms with van der Waals surface area (Å²) in [5.74, 6) is -0.256. The molecule has 1 unspecified atom stereocenters. The van der Waals surface area contributed by atoms with Crippen LogP contribution in [0.3, 0.4) is 0 Å². The van der Waals surface area contributed by atoms with Gasteiger partial charge in [0, 0.05) is 20.6 Å². The molecule has 0 saturated carbocycles. The quantitative estimate of drug-likeness (QED) is 0.382. The number of rotatable bonds is 8. The van der Waals surface area contributed by atoms with Gasteiger partial charge in [-0.2, -0.15) is 0 Å². The first kappa shape index (κ1) is 20.7. The Morgan fingerprint density at radius 1 is 1.26 bits per heavy atom. The number of nitrogens with one attached hydrogen (secondary N) is 1. The number of hydrogen-bond donors (Lipinski definition) is 1. The van der Waals surface area contributed by atoms with Crippen molar-refractivity contribution in [3.05, 3.63) is 68.7 Å². The largest absolute Gasteiger partial charge is 0.497 e. The third kappa shape index (κ3) is 4.77. The molecule has 2 rings (SSSR count). The van der Waals surface area contributed by atoms with E-state index in [1.807, 2.05) is 0 Å². The van der Waals surface area contributed by atoms with Gasteiger partial charge in [0.05, 0.1) is 13.2 Å². The summed E-state index contributed by atoms with van der Waals surface area (Å²) in [4.78, 5) is 24.3. The number of halogens is 1. The number of carbonyl (C=O) groups excluding carboxylic acids is 1. The van der Waals surface area contributed by atoms with Crippen molar-refractivity contribution in [1.82, 2.24) is 0 Å². The van der Waals surface area contributed by atoms with Crippen molar-refractivity contribution in [3.8, 4) is 5.75 Å². The van der Waals surface area contributed by atoms with Crippen LogP contribution in [0.2, 0.25) is 0 Å². The van der Waals surface area contributed by atoms with Crippen molar-refractivity contribution in [3.63, 3.8) is 0 Å². The first-order chi connectivity index (χ1) is 12.8. The van der Waals surface area contributed by atoms with Crippen LogP contribution in [0.1, 0.15) is 19.4 Å². The Kier molecular flexibility index (Phi) is 6.79. The van der Waals surface area contributed by atoms with Crippen LogP contribution in [-0.2, 0) is 15.1 Å². The van der Waals surface area contributed by atoms with Crippen LogP contribution in [0.4, 0.5) is 5.69 Å². The predicted molar refractivity (Wildman–Crippen MR) is 106 cm³/mol. The Labute approximate surface area is 166 Å². The van der Waals surface area contributed by atoms with E-state index < -0.39 is 22.5 Å². The highest BCUT2D eigenvalue weighted by Crippen LogP contribution is 2.30. The van der Waals surface area contributed by atoms with Gasteiger partial charge in [-0.15, -0.1) is 0 Å². The Morgan fingerprint density at radius 3 is 2.44 bits per heavy atom. The van der Waals surface area contributed by atoms with Crippen LogP contribution >= 0.6 is 15.9 Å². The minimum atomic E-state index is -2.09. The SMILES string of the molecule is COc1ccc(NCC(C(=O)OC(C)C)(c2cccc(Br)c2)[N+](=O)[O-])cc1. The number of methoxy groups -OCH3 is 1. The van der Waals surface area contributed by atoms with Gasteiger partial charge in [-0.25, -0.2) is 4.79 Å². The summed E-state index contributed by atoms with van der Waals surface area (Å²) in [6.07, 6.45) is -0.482. The molecule has 1 atom stereocenters. The number of nitrogens with zero attached hydrogens (tertiary/aromatic N) is 1. The Hall–Kier alpha value is -2.61. The highest BCUT2D eigenvalue weighted by Gasteiger charge is 2.55. The first-order valence-corrected chi connectivity index (χ1v) is 9.08. The second-order valence-electron chi connectivity index (χ2n) is 6.16. The van der Waals surface area contributed by atoms with Crippen LogP contribution in [0.5, 0.6) is 5.75 Å². The number of anilines is 1. The van der Waals surface area contributed by atoms with Gasteiger partial charge in [-0.3, -0.25) is 10.1 Å². The fraction of sp³-hybridized carbons (Fsp3) is 0.316. The monoisotopic (exact) mass is 436 g/mol. The van der Waals surface area contributed by atoms with Gasteiger partial charge in [0.25, 0.3) is 0 Å². The molecule has 0 bridgehead atoms. The molecular formula is C19H21BrN2O5. The Balaban J connectivity index is 2.43. The maximum absolute atomic E-state index is 12.8. The van der Waals surface area contributed by atoms with Crippen LogP contribution < -0.4 is 10.1 Å². The molecule has 0 radical (unpaired) electrons. The van der Waals surface area contributed by atoms with Gasteiger partial charge in [0.15, 0.2) is 0 Å². The van der Waals surface area contributed by atoms with Crippen molar-refractivity contribution in [1.29, 1.82) is 0 Å². The van der Waals surface area contributed by atoms with Crippen LogP contribution in [0.15, 0.2) is 53.0 Å². The third-order valence-corrected chi connectivity index (χ3v) is 4.43. The van der Waals surface area contributed by atoms with Gasteiger partial charge in [0.1, 0.15) is 12.3 Å². The highest BCUT2D eigenvalue weighted by atomic mass is 79.9. The summed E-state index contributed by atoms with van der Waals surface area (Å²) in [5.41, 5.74) is -1.24. The van der Waals surface area contributed by atoms with Crippen molar-refractivity contribution in [2.24, 2.45) is 0 Å². The summed E-state index contributed by atoms with van der Waals surface area (Å²) in [7, 11) is 1.55. The highest BCUT2D eigenvalue weighted by molar-refractivity contribution is 9.10. The van der Waals surface area contributed by atoms with Gasteiger partial charge >= 0.3 is 11.5 Å². The Bertz CT molecular complexity index is 810. The van der Waals surface area contributed by atoms with Gasteiger partial charge < -0.3 is 14.8 Å². The van der Waals surface area contributed by atoms with E-state index in [0.717, 1.165) is 0 Å². The second kappa shape index (κ2) is 8.85. The molecule has 0 fully saturated rings. The van der Waals surface area contributed by atoms with Gasteiger partial charge in [-0.1, -0.05) is 28.1 Å². The lowest BCUT2D eigenvalue weighted by molar-refractivity contribution is -0.560. The molecule has 27 heavy (non-hydrogen) atoms. The van der Waals surface area contributed by atoms with Crippen molar-refractivity contribution in [2.45, 2.75) is 25.5 Å². The molecule has 0 aromatic heterocycles. The second-order valence-corrected chi connectivity index (χ2v) is 7.08. The molecule has 7 nitrogen and oxygen atoms in total. The summed E-state index contributed by atoms with van der Waals surface area (Å²) in [5, 5.41) is 15.1. The molecule has 2 aromatic carbocycles. The molecule has 0 aliphatic heterocycles. The average Bonchev–Trinajstić information content (AvgIpc) is 2.62. The normalized spacial score (nSPS) is 12.9. The van der Waals surface area contributed by atoms with E-state index in [1.54, 1.807) is 69.5 Å². The lowest BCUT2D eigenvalue weighted by Crippen LogP contribution is -2.50. The van der Waals surface area contributed by atoms with Crippen molar-refractivity contribution >= 4 is 27.6 Å². The first-order valence-electron chi connectivity index (χ1n) is 8.29. The van der Waals surface area contributed by atoms with E-state index in [9.17, 15) is 14.9 Å². The molecular weight excluding hydrogens is 416 g/mol. The zero-order valence-electron chi connectivity index (χ0n) is 15.3. The molecule has 144 valence electrons. The topological polar surface area (TPSA) is 90.7 Å².